The van der Waals surface area contributed by atoms with E-state index < -0.39 is 0 Å². The number of nitrogens with one attached hydrogen (secondary N) is 1. The lowest BCUT2D eigenvalue weighted by atomic mass is 9.69. The minimum absolute atomic E-state index is 0.234. The fraction of sp³-hybridized carbons (Fsp3) is 0.579. The predicted octanol–water partition coefficient (Wildman–Crippen LogP) is 3.40. The maximum absolute atomic E-state index is 9.50. The molecule has 2 aliphatic rings. The smallest absolute Gasteiger partial charge is 0.0899 e. The molecule has 0 unspecified atom stereocenters. The average Bonchev–Trinajstić information content (AvgIpc) is 2.90. The molecule has 2 N–H and O–H groups in total. The van der Waals surface area contributed by atoms with Gasteiger partial charge in [0.15, 0.2) is 0 Å². The summed E-state index contributed by atoms with van der Waals surface area (Å²) in [6.45, 7) is 3.71. The van der Waals surface area contributed by atoms with Crippen molar-refractivity contribution in [1.82, 2.24) is 9.88 Å². The van der Waals surface area contributed by atoms with Crippen molar-refractivity contribution < 1.29 is 5.11 Å². The van der Waals surface area contributed by atoms with E-state index in [0.29, 0.717) is 11.6 Å². The van der Waals surface area contributed by atoms with Gasteiger partial charge in [0.25, 0.3) is 0 Å². The number of nitrogens with zero attached hydrogens (tertiary/aromatic N) is 1. The number of hydrogen-bond donors (Lipinski definition) is 2. The van der Waals surface area contributed by atoms with Crippen molar-refractivity contribution >= 4 is 10.9 Å². The molecule has 3 heterocycles. The third-order valence-corrected chi connectivity index (χ3v) is 6.08. The highest BCUT2D eigenvalue weighted by molar-refractivity contribution is 5.86. The van der Waals surface area contributed by atoms with Crippen LogP contribution >= 0.6 is 0 Å². The molecule has 1 aromatic carbocycles. The van der Waals surface area contributed by atoms with Crippen LogP contribution in [0.2, 0.25) is 0 Å². The van der Waals surface area contributed by atoms with Crippen LogP contribution in [0.15, 0.2) is 24.3 Å². The first-order valence-electron chi connectivity index (χ1n) is 8.75. The summed E-state index contributed by atoms with van der Waals surface area (Å²) in [5.74, 6) is 0. The number of aliphatic hydroxyl groups excluding tert-OH is 1. The van der Waals surface area contributed by atoms with Crippen LogP contribution in [0.3, 0.4) is 0 Å². The number of aromatic nitrogens is 1. The first kappa shape index (κ1) is 14.3. The fourth-order valence-electron chi connectivity index (χ4n) is 4.92. The van der Waals surface area contributed by atoms with Crippen LogP contribution in [-0.2, 0) is 12.8 Å². The summed E-state index contributed by atoms with van der Waals surface area (Å²) in [5, 5.41) is 14.7. The molecule has 0 radical (unpaired) electrons. The number of rotatable bonds is 3. The lowest BCUT2D eigenvalue weighted by Crippen LogP contribution is -2.49. The molecule has 4 rings (SSSR count). The molecule has 0 amide bonds. The molecule has 3 nitrogen and oxygen atoms in total. The Bertz CT molecular complexity index is 690. The van der Waals surface area contributed by atoms with E-state index in [9.17, 15) is 5.11 Å². The molecule has 1 fully saturated rings. The molecule has 0 spiro atoms. The van der Waals surface area contributed by atoms with Crippen LogP contribution in [0.25, 0.3) is 10.9 Å². The summed E-state index contributed by atoms with van der Waals surface area (Å²) in [4.78, 5) is 0. The zero-order chi connectivity index (χ0) is 15.2. The van der Waals surface area contributed by atoms with E-state index in [-0.39, 0.29) is 6.61 Å². The Balaban J connectivity index is 1.95. The van der Waals surface area contributed by atoms with Crippen LogP contribution in [0.4, 0.5) is 0 Å². The van der Waals surface area contributed by atoms with Gasteiger partial charge in [-0.3, -0.25) is 5.32 Å². The van der Waals surface area contributed by atoms with Gasteiger partial charge >= 0.3 is 0 Å². The van der Waals surface area contributed by atoms with Crippen molar-refractivity contribution in [3.05, 3.63) is 35.5 Å². The van der Waals surface area contributed by atoms with E-state index in [1.54, 1.807) is 0 Å². The van der Waals surface area contributed by atoms with Gasteiger partial charge in [-0.25, -0.2) is 0 Å². The van der Waals surface area contributed by atoms with Crippen molar-refractivity contribution in [2.24, 2.45) is 5.41 Å². The lowest BCUT2D eigenvalue weighted by molar-refractivity contribution is 0.0530. The second kappa shape index (κ2) is 5.39. The van der Waals surface area contributed by atoms with Crippen LogP contribution in [0.5, 0.6) is 0 Å². The molecule has 118 valence electrons. The quantitative estimate of drug-likeness (QED) is 0.911. The minimum atomic E-state index is 0.234. The number of benzene rings is 1. The predicted molar refractivity (Wildman–Crippen MR) is 90.0 cm³/mol. The zero-order valence-electron chi connectivity index (χ0n) is 13.4. The summed E-state index contributed by atoms with van der Waals surface area (Å²) in [7, 11) is 0. The largest absolute Gasteiger partial charge is 0.396 e. The third-order valence-electron chi connectivity index (χ3n) is 6.08. The molecule has 2 atom stereocenters. The molecule has 3 heteroatoms. The van der Waals surface area contributed by atoms with Gasteiger partial charge in [0, 0.05) is 28.6 Å². The molecule has 0 saturated carbocycles. The number of piperidine rings is 1. The topological polar surface area (TPSA) is 37.2 Å². The van der Waals surface area contributed by atoms with Gasteiger partial charge in [-0.2, -0.15) is 0 Å². The van der Waals surface area contributed by atoms with Gasteiger partial charge < -0.3 is 9.67 Å². The van der Waals surface area contributed by atoms with Crippen molar-refractivity contribution in [3.8, 4) is 0 Å². The van der Waals surface area contributed by atoms with E-state index >= 15 is 0 Å². The van der Waals surface area contributed by atoms with Gasteiger partial charge in [0.2, 0.25) is 0 Å². The van der Waals surface area contributed by atoms with E-state index in [1.165, 1.54) is 47.8 Å². The van der Waals surface area contributed by atoms with Gasteiger partial charge in [-0.05, 0) is 56.7 Å². The van der Waals surface area contributed by atoms with Crippen LogP contribution < -0.4 is 5.32 Å². The number of fused-ring (bicyclic) bond motifs is 5. The first-order valence-corrected chi connectivity index (χ1v) is 8.75. The van der Waals surface area contributed by atoms with E-state index in [2.05, 4.69) is 41.1 Å². The van der Waals surface area contributed by atoms with Crippen LogP contribution in [-0.4, -0.2) is 22.8 Å². The van der Waals surface area contributed by atoms with Crippen LogP contribution in [0.1, 0.15) is 50.0 Å². The van der Waals surface area contributed by atoms with Gasteiger partial charge in [-0.15, -0.1) is 0 Å². The summed E-state index contributed by atoms with van der Waals surface area (Å²) < 4.78 is 2.58. The SMILES string of the molecule is CC[C@]12CCCN[C@H]1n1c(c(CCO)c3ccccc31)CC2. The molecule has 22 heavy (non-hydrogen) atoms. The molecular formula is C19H26N2O. The van der Waals surface area contributed by atoms with Gasteiger partial charge in [0.05, 0.1) is 6.17 Å². The molecule has 0 bridgehead atoms. The normalized spacial score (nSPS) is 27.6. The minimum Gasteiger partial charge on any atom is -0.396 e. The number of hydrogen-bond acceptors (Lipinski definition) is 2. The fourth-order valence-corrected chi connectivity index (χ4v) is 4.92. The summed E-state index contributed by atoms with van der Waals surface area (Å²) in [6.07, 6.45) is 7.49. The molecular weight excluding hydrogens is 272 g/mol. The van der Waals surface area contributed by atoms with Crippen molar-refractivity contribution in [1.29, 1.82) is 0 Å². The first-order chi connectivity index (χ1) is 10.8. The number of para-hydroxylation sites is 1. The van der Waals surface area contributed by atoms with Gasteiger partial charge in [-0.1, -0.05) is 25.1 Å². The molecule has 1 saturated heterocycles. The van der Waals surface area contributed by atoms with E-state index in [1.807, 2.05) is 0 Å². The highest BCUT2D eigenvalue weighted by atomic mass is 16.2. The maximum atomic E-state index is 9.50. The van der Waals surface area contributed by atoms with Gasteiger partial charge in [0.1, 0.15) is 0 Å². The second-order valence-electron chi connectivity index (χ2n) is 6.96. The highest BCUT2D eigenvalue weighted by Gasteiger charge is 2.44. The van der Waals surface area contributed by atoms with E-state index in [0.717, 1.165) is 19.4 Å². The van der Waals surface area contributed by atoms with Crippen molar-refractivity contribution in [2.45, 2.75) is 51.6 Å². The Kier molecular flexibility index (Phi) is 3.50. The standard InChI is InChI=1S/C19H26N2O/c1-2-19-10-5-12-20-18(19)21-16-7-4-3-6-14(16)15(9-13-22)17(21)8-11-19/h3-4,6-7,18,20,22H,2,5,8-13H2,1H3/t18-,19+/m0/s1. The van der Waals surface area contributed by atoms with Crippen LogP contribution in [0, 0.1) is 5.41 Å². The summed E-state index contributed by atoms with van der Waals surface area (Å²) in [5.41, 5.74) is 4.58. The third kappa shape index (κ3) is 1.88. The molecule has 2 aliphatic heterocycles. The average molecular weight is 298 g/mol. The lowest BCUT2D eigenvalue weighted by Gasteiger charge is -2.49. The molecule has 0 aliphatic carbocycles. The Morgan fingerprint density at radius 1 is 1.32 bits per heavy atom. The van der Waals surface area contributed by atoms with Crippen molar-refractivity contribution in [2.75, 3.05) is 13.2 Å². The van der Waals surface area contributed by atoms with Crippen molar-refractivity contribution in [3.63, 3.8) is 0 Å². The Morgan fingerprint density at radius 2 is 2.18 bits per heavy atom. The highest BCUT2D eigenvalue weighted by Crippen LogP contribution is 2.50. The summed E-state index contributed by atoms with van der Waals surface area (Å²) >= 11 is 0. The zero-order valence-corrected chi connectivity index (χ0v) is 13.4. The maximum Gasteiger partial charge on any atom is 0.0899 e. The molecule has 1 aromatic heterocycles. The monoisotopic (exact) mass is 298 g/mol. The van der Waals surface area contributed by atoms with E-state index in [4.69, 9.17) is 0 Å². The number of aliphatic hydroxyl groups is 1. The second-order valence-corrected chi connectivity index (χ2v) is 6.96. The Labute approximate surface area is 132 Å². The summed E-state index contributed by atoms with van der Waals surface area (Å²) in [6, 6.07) is 8.74. The Hall–Kier alpha value is -1.32. The molecule has 2 aromatic rings. The Morgan fingerprint density at radius 3 is 3.00 bits per heavy atom.